The third-order valence-corrected chi connectivity index (χ3v) is 10.4. The SMILES string of the molecule is C[C@@H]1CC2C3C[C@H](F)C4=CC(=O)C=C[C@]4(C)[C@@]3(F)[C@@H](O)C[C@]2(C)[C@H]1C(=O)COC(=O)CC(N)C(=O)OCC(CO[N+](=O)[O-])O[N+](=O)[O-]. The second-order valence-corrected chi connectivity index (χ2v) is 13.2. The minimum Gasteiger partial charge on any atom is -0.462 e. The van der Waals surface area contributed by atoms with Crippen molar-refractivity contribution in [2.75, 3.05) is 19.8 Å². The molecule has 4 rings (SSSR count). The summed E-state index contributed by atoms with van der Waals surface area (Å²) in [6.07, 6.45) is -2.08. The van der Waals surface area contributed by atoms with E-state index in [0.29, 0.717) is 6.42 Å². The van der Waals surface area contributed by atoms with Crippen molar-refractivity contribution < 1.29 is 62.4 Å². The largest absolute Gasteiger partial charge is 0.462 e. The quantitative estimate of drug-likeness (QED) is 0.159. The summed E-state index contributed by atoms with van der Waals surface area (Å²) >= 11 is 0. The van der Waals surface area contributed by atoms with Crippen LogP contribution in [-0.4, -0.2) is 88.7 Å². The topological polar surface area (TPSA) is 238 Å². The van der Waals surface area contributed by atoms with Crippen LogP contribution in [0, 0.1) is 54.7 Å². The van der Waals surface area contributed by atoms with Crippen LogP contribution in [0.1, 0.15) is 46.5 Å². The van der Waals surface area contributed by atoms with E-state index in [1.807, 2.05) is 0 Å². The number of rotatable bonds is 13. The summed E-state index contributed by atoms with van der Waals surface area (Å²) in [5, 5.41) is 29.7. The van der Waals surface area contributed by atoms with Crippen LogP contribution in [0.5, 0.6) is 0 Å². The van der Waals surface area contributed by atoms with Gasteiger partial charge in [-0.05, 0) is 61.2 Å². The molecule has 3 fully saturated rings. The Labute approximate surface area is 266 Å². The number of aliphatic hydroxyl groups excluding tert-OH is 1. The molecule has 0 heterocycles. The molecule has 0 saturated heterocycles. The lowest BCUT2D eigenvalue weighted by molar-refractivity contribution is -0.790. The van der Waals surface area contributed by atoms with Gasteiger partial charge in [-0.15, -0.1) is 20.2 Å². The van der Waals surface area contributed by atoms with Crippen LogP contribution < -0.4 is 5.73 Å². The first-order chi connectivity index (χ1) is 21.8. The molecule has 0 aromatic carbocycles. The number of hydrogen-bond acceptors (Lipinski definition) is 14. The third-order valence-electron chi connectivity index (χ3n) is 10.4. The molecule has 0 aliphatic heterocycles. The Bertz CT molecular complexity index is 1390. The summed E-state index contributed by atoms with van der Waals surface area (Å²) in [7, 11) is 0. The average molecular weight is 674 g/mol. The number of allylic oxidation sites excluding steroid dienone is 4. The van der Waals surface area contributed by atoms with Gasteiger partial charge in [0.15, 0.2) is 23.3 Å². The van der Waals surface area contributed by atoms with E-state index in [2.05, 4.69) is 9.68 Å². The van der Waals surface area contributed by atoms with Crippen LogP contribution in [0.2, 0.25) is 0 Å². The van der Waals surface area contributed by atoms with Crippen molar-refractivity contribution in [2.45, 2.75) is 76.5 Å². The van der Waals surface area contributed by atoms with E-state index < -0.39 is 119 Å². The summed E-state index contributed by atoms with van der Waals surface area (Å²) in [6, 6.07) is -1.63. The van der Waals surface area contributed by atoms with Crippen molar-refractivity contribution in [1.29, 1.82) is 0 Å². The molecule has 4 aliphatic rings. The molecule has 3 N–H and O–H groups in total. The van der Waals surface area contributed by atoms with E-state index in [0.717, 1.165) is 6.08 Å². The number of ketones is 2. The number of carbonyl (C=O) groups excluding carboxylic acids is 4. The second kappa shape index (κ2) is 13.2. The van der Waals surface area contributed by atoms with Crippen LogP contribution in [0.3, 0.4) is 0 Å². The van der Waals surface area contributed by atoms with Crippen LogP contribution in [-0.2, 0) is 38.3 Å². The van der Waals surface area contributed by atoms with Crippen molar-refractivity contribution in [3.8, 4) is 0 Å². The Kier molecular flexibility index (Phi) is 10.1. The van der Waals surface area contributed by atoms with Gasteiger partial charge in [0, 0.05) is 17.3 Å². The fraction of sp³-hybridized carbons (Fsp3) is 0.724. The number of halogens is 2. The minimum atomic E-state index is -2.30. The highest BCUT2D eigenvalue weighted by atomic mass is 19.1. The number of ether oxygens (including phenoxy) is 2. The molecule has 16 nitrogen and oxygen atoms in total. The van der Waals surface area contributed by atoms with Crippen LogP contribution in [0.4, 0.5) is 8.78 Å². The highest BCUT2D eigenvalue weighted by Gasteiger charge is 2.73. The zero-order chi connectivity index (χ0) is 35.1. The highest BCUT2D eigenvalue weighted by Crippen LogP contribution is 2.70. The number of nitrogens with two attached hydrogens (primary N) is 1. The van der Waals surface area contributed by atoms with Gasteiger partial charge in [-0.25, -0.2) is 8.78 Å². The smallest absolute Gasteiger partial charge is 0.323 e. The van der Waals surface area contributed by atoms with Gasteiger partial charge in [-0.1, -0.05) is 19.9 Å². The third kappa shape index (κ3) is 6.57. The number of hydrogen-bond donors (Lipinski definition) is 2. The lowest BCUT2D eigenvalue weighted by atomic mass is 9.45. The Hall–Kier alpha value is -4.06. The Balaban J connectivity index is 1.37. The van der Waals surface area contributed by atoms with Gasteiger partial charge in [-0.3, -0.25) is 19.2 Å². The lowest BCUT2D eigenvalue weighted by Crippen LogP contribution is -2.68. The van der Waals surface area contributed by atoms with Crippen LogP contribution in [0.15, 0.2) is 23.8 Å². The molecule has 47 heavy (non-hydrogen) atoms. The van der Waals surface area contributed by atoms with E-state index in [9.17, 15) is 44.5 Å². The molecular weight excluding hydrogens is 636 g/mol. The standard InChI is InChI=1S/C29H37F2N3O13/c1-14-6-17-18-8-20(30)19-7-15(35)4-5-28(19,3)29(18,31)23(37)10-27(17,2)25(14)22(36)13-44-24(38)9-21(32)26(39)45-11-16(47-34(42)43)12-46-33(40)41/h4-5,7,14,16-18,20-21,23,25,37H,6,8-13,32H2,1-3H3/t14-,16?,17?,18?,20+,21?,23+,25-,27+,28+,29+/m1/s1. The number of esters is 2. The van der Waals surface area contributed by atoms with E-state index in [-0.39, 0.29) is 24.3 Å². The normalized spacial score (nSPS) is 36.8. The van der Waals surface area contributed by atoms with Gasteiger partial charge in [0.1, 0.15) is 32.0 Å². The number of nitrogens with zero attached hydrogens (tertiary/aromatic N) is 2. The van der Waals surface area contributed by atoms with Crippen molar-refractivity contribution in [2.24, 2.45) is 40.2 Å². The first-order valence-electron chi connectivity index (χ1n) is 15.0. The monoisotopic (exact) mass is 673 g/mol. The average Bonchev–Trinajstić information content (AvgIpc) is 3.24. The molecule has 0 spiro atoms. The predicted octanol–water partition coefficient (Wildman–Crippen LogP) is 1.33. The fourth-order valence-electron chi connectivity index (χ4n) is 8.48. The van der Waals surface area contributed by atoms with Crippen molar-refractivity contribution in [3.05, 3.63) is 44.0 Å². The minimum absolute atomic E-state index is 0.00681. The Morgan fingerprint density at radius 1 is 1.13 bits per heavy atom. The van der Waals surface area contributed by atoms with Crippen LogP contribution >= 0.6 is 0 Å². The maximum absolute atomic E-state index is 17.3. The molecule has 18 heteroatoms. The van der Waals surface area contributed by atoms with E-state index >= 15 is 8.78 Å². The van der Waals surface area contributed by atoms with Gasteiger partial charge in [0.05, 0.1) is 12.5 Å². The van der Waals surface area contributed by atoms with Gasteiger partial charge in [-0.2, -0.15) is 0 Å². The summed E-state index contributed by atoms with van der Waals surface area (Å²) in [5.41, 5.74) is 0.813. The first-order valence-corrected chi connectivity index (χ1v) is 15.0. The molecule has 260 valence electrons. The van der Waals surface area contributed by atoms with Gasteiger partial charge < -0.3 is 30.0 Å². The fourth-order valence-corrected chi connectivity index (χ4v) is 8.48. The summed E-state index contributed by atoms with van der Waals surface area (Å²) in [6.45, 7) is 2.48. The summed E-state index contributed by atoms with van der Waals surface area (Å²) in [5.74, 6) is -5.87. The summed E-state index contributed by atoms with van der Waals surface area (Å²) in [4.78, 5) is 79.1. The van der Waals surface area contributed by atoms with E-state index in [1.54, 1.807) is 13.8 Å². The number of fused-ring (bicyclic) bond motifs is 5. The zero-order valence-corrected chi connectivity index (χ0v) is 25.9. The Morgan fingerprint density at radius 2 is 1.81 bits per heavy atom. The van der Waals surface area contributed by atoms with Crippen LogP contribution in [0.25, 0.3) is 0 Å². The Morgan fingerprint density at radius 3 is 2.45 bits per heavy atom. The zero-order valence-electron chi connectivity index (χ0n) is 25.9. The highest BCUT2D eigenvalue weighted by molar-refractivity contribution is 6.01. The maximum atomic E-state index is 17.3. The van der Waals surface area contributed by atoms with E-state index in [4.69, 9.17) is 15.2 Å². The number of carbonyl (C=O) groups is 4. The number of Topliss-reactive ketones (excluding diaryl/α,β-unsaturated/α-hetero) is 1. The number of aliphatic hydroxyl groups is 1. The van der Waals surface area contributed by atoms with Crippen molar-refractivity contribution in [3.63, 3.8) is 0 Å². The molecule has 0 amide bonds. The molecular formula is C29H37F2N3O13. The van der Waals surface area contributed by atoms with Gasteiger partial charge in [0.25, 0.3) is 10.2 Å². The molecule has 4 aliphatic carbocycles. The summed E-state index contributed by atoms with van der Waals surface area (Å²) < 4.78 is 42.7. The van der Waals surface area contributed by atoms with E-state index in [1.165, 1.54) is 19.1 Å². The molecule has 3 saturated carbocycles. The predicted molar refractivity (Wildman–Crippen MR) is 151 cm³/mol. The first kappa shape index (κ1) is 35.8. The molecule has 0 radical (unpaired) electrons. The molecule has 0 aromatic rings. The molecule has 4 unspecified atom stereocenters. The van der Waals surface area contributed by atoms with Gasteiger partial charge >= 0.3 is 11.9 Å². The number of alkyl halides is 2. The van der Waals surface area contributed by atoms with Crippen molar-refractivity contribution >= 4 is 23.5 Å². The maximum Gasteiger partial charge on any atom is 0.323 e. The van der Waals surface area contributed by atoms with Crippen molar-refractivity contribution in [1.82, 2.24) is 0 Å². The molecule has 0 bridgehead atoms. The second-order valence-electron chi connectivity index (χ2n) is 13.2. The molecule has 0 aromatic heterocycles. The van der Waals surface area contributed by atoms with Gasteiger partial charge in [0.2, 0.25) is 0 Å². The molecule has 11 atom stereocenters. The lowest BCUT2D eigenvalue weighted by Gasteiger charge is -2.62.